The summed E-state index contributed by atoms with van der Waals surface area (Å²) in [7, 11) is -11.9. The van der Waals surface area contributed by atoms with E-state index in [0.29, 0.717) is 0 Å². The minimum atomic E-state index is -5.28. The van der Waals surface area contributed by atoms with Crippen molar-refractivity contribution in [3.63, 3.8) is 0 Å². The Hall–Kier alpha value is -1.44. The van der Waals surface area contributed by atoms with Crippen LogP contribution in [-0.4, -0.2) is 24.9 Å². The van der Waals surface area contributed by atoms with E-state index in [1.54, 1.807) is 0 Å². The largest absolute Gasteiger partial charge is 0.488 e. The molecule has 0 aliphatic carbocycles. The third-order valence-electron chi connectivity index (χ3n) is 2.08. The number of benzene rings is 1. The van der Waals surface area contributed by atoms with Crippen LogP contribution in [0.25, 0.3) is 0 Å². The van der Waals surface area contributed by atoms with Gasteiger partial charge in [-0.1, -0.05) is 29.4 Å². The highest BCUT2D eigenvalue weighted by Crippen LogP contribution is 2.21. The van der Waals surface area contributed by atoms with Crippen molar-refractivity contribution in [1.29, 1.82) is 0 Å². The Morgan fingerprint density at radius 2 is 1.68 bits per heavy atom. The van der Waals surface area contributed by atoms with Crippen molar-refractivity contribution < 1.29 is 28.8 Å². The second kappa shape index (κ2) is 6.35. The van der Waals surface area contributed by atoms with E-state index in [1.807, 2.05) is 19.6 Å². The van der Waals surface area contributed by atoms with Crippen molar-refractivity contribution in [3.05, 3.63) is 29.3 Å². The van der Waals surface area contributed by atoms with Gasteiger partial charge in [-0.05, 0) is 23.8 Å². The quantitative estimate of drug-likeness (QED) is 0.463. The van der Waals surface area contributed by atoms with Crippen molar-refractivity contribution in [2.45, 2.75) is 25.4 Å². The van der Waals surface area contributed by atoms with Gasteiger partial charge in [-0.3, -0.25) is 0 Å². The Balaban J connectivity index is 3.34. The summed E-state index contributed by atoms with van der Waals surface area (Å²) < 4.78 is 71.8. The molecule has 0 fully saturated rings. The Morgan fingerprint density at radius 3 is 2.14 bits per heavy atom. The standard InChI is InChI=1S/C12H14F2O5S2Si/c1-22(2,3)5-4-10-6-11(9-20(13,15)16)8-12(7-10)19-21(14,17)18/h6-8H,9H2,1-3H3. The first-order valence-electron chi connectivity index (χ1n) is 5.97. The van der Waals surface area contributed by atoms with E-state index >= 15 is 0 Å². The zero-order valence-corrected chi connectivity index (χ0v) is 14.7. The van der Waals surface area contributed by atoms with Gasteiger partial charge < -0.3 is 4.18 Å². The molecule has 1 aromatic carbocycles. The average Bonchev–Trinajstić information content (AvgIpc) is 2.20. The fourth-order valence-corrected chi connectivity index (χ4v) is 2.85. The van der Waals surface area contributed by atoms with Gasteiger partial charge >= 0.3 is 20.7 Å². The highest BCUT2D eigenvalue weighted by Gasteiger charge is 2.15. The van der Waals surface area contributed by atoms with Crippen LogP contribution in [0.5, 0.6) is 5.75 Å². The predicted molar refractivity (Wildman–Crippen MR) is 81.1 cm³/mol. The molecule has 1 rings (SSSR count). The maximum absolute atomic E-state index is 12.8. The zero-order valence-electron chi connectivity index (χ0n) is 12.1. The van der Waals surface area contributed by atoms with Gasteiger partial charge in [0.15, 0.2) is 0 Å². The van der Waals surface area contributed by atoms with Crippen LogP contribution in [0.1, 0.15) is 11.1 Å². The lowest BCUT2D eigenvalue weighted by Gasteiger charge is -2.06. The van der Waals surface area contributed by atoms with Crippen LogP contribution in [0, 0.1) is 11.5 Å². The maximum atomic E-state index is 12.8. The van der Waals surface area contributed by atoms with Crippen LogP contribution in [0.3, 0.4) is 0 Å². The van der Waals surface area contributed by atoms with Gasteiger partial charge in [-0.25, -0.2) is 0 Å². The van der Waals surface area contributed by atoms with Crippen LogP contribution in [0.4, 0.5) is 7.77 Å². The molecule has 0 bridgehead atoms. The van der Waals surface area contributed by atoms with E-state index in [1.165, 1.54) is 6.07 Å². The summed E-state index contributed by atoms with van der Waals surface area (Å²) in [6.45, 7) is 5.87. The molecule has 0 aliphatic heterocycles. The van der Waals surface area contributed by atoms with Gasteiger partial charge in [0.1, 0.15) is 19.6 Å². The van der Waals surface area contributed by atoms with Gasteiger partial charge in [0.2, 0.25) is 0 Å². The van der Waals surface area contributed by atoms with Crippen molar-refractivity contribution in [1.82, 2.24) is 0 Å². The molecule has 122 valence electrons. The summed E-state index contributed by atoms with van der Waals surface area (Å²) >= 11 is 0. The molecule has 10 heteroatoms. The van der Waals surface area contributed by atoms with E-state index in [2.05, 4.69) is 15.6 Å². The van der Waals surface area contributed by atoms with E-state index in [4.69, 9.17) is 0 Å². The van der Waals surface area contributed by atoms with Crippen molar-refractivity contribution >= 4 is 28.8 Å². The first-order chi connectivity index (χ1) is 9.73. The van der Waals surface area contributed by atoms with E-state index < -0.39 is 40.3 Å². The van der Waals surface area contributed by atoms with Crippen molar-refractivity contribution in [3.8, 4) is 17.2 Å². The highest BCUT2D eigenvalue weighted by molar-refractivity contribution is 7.85. The van der Waals surface area contributed by atoms with Crippen LogP contribution in [-0.2, 0) is 26.5 Å². The summed E-state index contributed by atoms with van der Waals surface area (Å²) in [5.41, 5.74) is 3.08. The van der Waals surface area contributed by atoms with Gasteiger partial charge in [0, 0.05) is 5.56 Å². The molecule has 0 aromatic heterocycles. The van der Waals surface area contributed by atoms with Gasteiger partial charge in [-0.2, -0.15) is 16.8 Å². The summed E-state index contributed by atoms with van der Waals surface area (Å²) in [4.78, 5) is 0. The molecular weight excluding hydrogens is 354 g/mol. The number of hydrogen-bond acceptors (Lipinski definition) is 5. The topological polar surface area (TPSA) is 77.5 Å². The van der Waals surface area contributed by atoms with Gasteiger partial charge in [0.25, 0.3) is 0 Å². The van der Waals surface area contributed by atoms with Crippen LogP contribution >= 0.6 is 0 Å². The summed E-state index contributed by atoms with van der Waals surface area (Å²) in [5.74, 6) is 1.28. The summed E-state index contributed by atoms with van der Waals surface area (Å²) in [6.07, 6.45) is 0. The molecule has 0 spiro atoms. The molecule has 0 amide bonds. The molecule has 0 heterocycles. The normalized spacial score (nSPS) is 12.4. The van der Waals surface area contributed by atoms with E-state index in [0.717, 1.165) is 12.1 Å². The molecular formula is C12H14F2O5S2Si. The van der Waals surface area contributed by atoms with Crippen LogP contribution < -0.4 is 4.18 Å². The molecule has 0 saturated carbocycles. The van der Waals surface area contributed by atoms with Crippen LogP contribution in [0.15, 0.2) is 18.2 Å². The molecule has 22 heavy (non-hydrogen) atoms. The first kappa shape index (κ1) is 18.6. The highest BCUT2D eigenvalue weighted by atomic mass is 32.3. The third-order valence-corrected chi connectivity index (χ3v) is 4.03. The molecule has 0 N–H and O–H groups in total. The van der Waals surface area contributed by atoms with Crippen molar-refractivity contribution in [2.24, 2.45) is 0 Å². The van der Waals surface area contributed by atoms with Crippen molar-refractivity contribution in [2.75, 3.05) is 0 Å². The minimum absolute atomic E-state index is 0.0940. The second-order valence-corrected chi connectivity index (χ2v) is 12.6. The maximum Gasteiger partial charge on any atom is 0.488 e. The minimum Gasteiger partial charge on any atom is -0.358 e. The molecule has 0 saturated heterocycles. The Morgan fingerprint density at radius 1 is 1.09 bits per heavy atom. The Bertz CT molecular complexity index is 778. The predicted octanol–water partition coefficient (Wildman–Crippen LogP) is 2.31. The van der Waals surface area contributed by atoms with Gasteiger partial charge in [0.05, 0.1) is 0 Å². The fourth-order valence-electron chi connectivity index (χ4n) is 1.44. The molecule has 0 atom stereocenters. The zero-order chi connectivity index (χ0) is 17.2. The lowest BCUT2D eigenvalue weighted by atomic mass is 10.1. The summed E-state index contributed by atoms with van der Waals surface area (Å²) in [5, 5.41) is 0. The lowest BCUT2D eigenvalue weighted by molar-refractivity contribution is 0.440. The van der Waals surface area contributed by atoms with Crippen LogP contribution in [0.2, 0.25) is 19.6 Å². The number of halogens is 2. The molecule has 0 unspecified atom stereocenters. The Labute approximate surface area is 129 Å². The molecule has 0 radical (unpaired) electrons. The Kier molecular flexibility index (Phi) is 5.37. The fraction of sp³-hybridized carbons (Fsp3) is 0.333. The average molecular weight is 368 g/mol. The molecule has 0 aliphatic rings. The van der Waals surface area contributed by atoms with E-state index in [-0.39, 0.29) is 11.1 Å². The smallest absolute Gasteiger partial charge is 0.358 e. The lowest BCUT2D eigenvalue weighted by Crippen LogP contribution is -2.16. The number of hydrogen-bond donors (Lipinski definition) is 0. The van der Waals surface area contributed by atoms with E-state index in [9.17, 15) is 24.6 Å². The molecule has 1 aromatic rings. The first-order valence-corrected chi connectivity index (χ1v) is 12.3. The number of rotatable bonds is 4. The summed E-state index contributed by atoms with van der Waals surface area (Å²) in [6, 6.07) is 3.34. The molecule has 5 nitrogen and oxygen atoms in total. The monoisotopic (exact) mass is 368 g/mol. The van der Waals surface area contributed by atoms with Gasteiger partial charge in [-0.15, -0.1) is 9.43 Å². The SMILES string of the molecule is C[Si](C)(C)C#Cc1cc(CS(=O)(=O)F)cc(OS(=O)(=O)F)c1. The third kappa shape index (κ3) is 8.11. The second-order valence-electron chi connectivity index (χ2n) is 5.53.